The molecule has 2 amide bonds. The maximum Gasteiger partial charge on any atom is 0.404 e. The summed E-state index contributed by atoms with van der Waals surface area (Å²) in [4.78, 5) is 25.1. The molecule has 7 heteroatoms. The van der Waals surface area contributed by atoms with Crippen LogP contribution in [0.2, 0.25) is 18.1 Å². The van der Waals surface area contributed by atoms with Crippen LogP contribution in [-0.4, -0.2) is 38.1 Å². The van der Waals surface area contributed by atoms with E-state index in [1.807, 2.05) is 91.0 Å². The first-order chi connectivity index (χ1) is 18.0. The van der Waals surface area contributed by atoms with Crippen molar-refractivity contribution in [2.75, 3.05) is 6.61 Å². The zero-order valence-electron chi connectivity index (χ0n) is 23.0. The van der Waals surface area contributed by atoms with Crippen LogP contribution in [0.15, 0.2) is 91.0 Å². The Morgan fingerprint density at radius 3 is 1.61 bits per heavy atom. The Balaban J connectivity index is 1.88. The van der Waals surface area contributed by atoms with E-state index in [4.69, 9.17) is 4.43 Å². The van der Waals surface area contributed by atoms with E-state index in [2.05, 4.69) is 44.5 Å². The van der Waals surface area contributed by atoms with Crippen molar-refractivity contribution >= 4 is 20.3 Å². The lowest BCUT2D eigenvalue weighted by atomic mass is 9.77. The molecule has 3 rings (SSSR count). The predicted octanol–water partition coefficient (Wildman–Crippen LogP) is 6.53. The summed E-state index contributed by atoms with van der Waals surface area (Å²) in [5, 5.41) is 15.3. The van der Waals surface area contributed by atoms with Gasteiger partial charge in [-0.05, 0) is 41.2 Å². The van der Waals surface area contributed by atoms with Gasteiger partial charge in [-0.15, -0.1) is 0 Å². The van der Waals surface area contributed by atoms with Crippen LogP contribution >= 0.6 is 0 Å². The van der Waals surface area contributed by atoms with Gasteiger partial charge in [0.05, 0.1) is 12.6 Å². The highest BCUT2D eigenvalue weighted by atomic mass is 28.4. The Labute approximate surface area is 227 Å². The third kappa shape index (κ3) is 7.11. The largest absolute Gasteiger partial charge is 0.465 e. The molecule has 0 saturated heterocycles. The lowest BCUT2D eigenvalue weighted by Crippen LogP contribution is -2.49. The highest BCUT2D eigenvalue weighted by Crippen LogP contribution is 2.38. The van der Waals surface area contributed by atoms with Crippen molar-refractivity contribution in [1.29, 1.82) is 0 Å². The Morgan fingerprint density at radius 2 is 1.24 bits per heavy atom. The quantitative estimate of drug-likeness (QED) is 0.193. The number of carbonyl (C=O) groups is 2. The van der Waals surface area contributed by atoms with E-state index in [1.54, 1.807) is 0 Å². The summed E-state index contributed by atoms with van der Waals surface area (Å²) in [6, 6.07) is 29.3. The van der Waals surface area contributed by atoms with E-state index in [1.165, 1.54) is 0 Å². The lowest BCUT2D eigenvalue weighted by molar-refractivity contribution is -0.122. The molecule has 202 valence electrons. The summed E-state index contributed by atoms with van der Waals surface area (Å²) in [5.74, 6) is -0.175. The first kappa shape index (κ1) is 29.1. The smallest absolute Gasteiger partial charge is 0.404 e. The second-order valence-electron chi connectivity index (χ2n) is 11.2. The maximum atomic E-state index is 13.6. The minimum Gasteiger partial charge on any atom is -0.465 e. The minimum absolute atomic E-state index is 0.00119. The van der Waals surface area contributed by atoms with Gasteiger partial charge in [0.1, 0.15) is 5.54 Å². The molecule has 6 nitrogen and oxygen atoms in total. The second kappa shape index (κ2) is 12.4. The predicted molar refractivity (Wildman–Crippen MR) is 155 cm³/mol. The fourth-order valence-electron chi connectivity index (χ4n) is 4.26. The van der Waals surface area contributed by atoms with Crippen LogP contribution in [0.3, 0.4) is 0 Å². The number of hydrogen-bond donors (Lipinski definition) is 3. The summed E-state index contributed by atoms with van der Waals surface area (Å²) in [6.07, 6.45) is -0.664. The number of carboxylic acid groups (broad SMARTS) is 1. The monoisotopic (exact) mass is 532 g/mol. The molecule has 0 heterocycles. The number of carbonyl (C=O) groups excluding carboxylic acids is 1. The van der Waals surface area contributed by atoms with Gasteiger partial charge in [-0.1, -0.05) is 112 Å². The first-order valence-corrected chi connectivity index (χ1v) is 16.0. The third-order valence-corrected chi connectivity index (χ3v) is 11.9. The fraction of sp³-hybridized carbons (Fsp3) is 0.355. The topological polar surface area (TPSA) is 87.7 Å². The van der Waals surface area contributed by atoms with Gasteiger partial charge in [0.25, 0.3) is 0 Å². The van der Waals surface area contributed by atoms with Crippen LogP contribution in [0.1, 0.15) is 50.3 Å². The molecule has 3 aromatic carbocycles. The SMILES string of the molecule is CC(C)(C)[Si](C)(C)OCC(CCC(=O)NC(c1ccccc1)(c1ccccc1)c1ccccc1)NC(=O)O. The molecule has 1 unspecified atom stereocenters. The van der Waals surface area contributed by atoms with Crippen LogP contribution in [0.25, 0.3) is 0 Å². The van der Waals surface area contributed by atoms with Crippen molar-refractivity contribution in [1.82, 2.24) is 10.6 Å². The average molecular weight is 533 g/mol. The Kier molecular flexibility index (Phi) is 9.52. The van der Waals surface area contributed by atoms with Gasteiger partial charge in [-0.2, -0.15) is 0 Å². The van der Waals surface area contributed by atoms with Crippen molar-refractivity contribution in [3.05, 3.63) is 108 Å². The molecule has 0 aliphatic heterocycles. The van der Waals surface area contributed by atoms with Crippen molar-refractivity contribution < 1.29 is 19.1 Å². The van der Waals surface area contributed by atoms with Crippen molar-refractivity contribution in [2.24, 2.45) is 0 Å². The molecule has 1 atom stereocenters. The van der Waals surface area contributed by atoms with E-state index in [0.717, 1.165) is 16.7 Å². The fourth-order valence-corrected chi connectivity index (χ4v) is 5.31. The van der Waals surface area contributed by atoms with Crippen LogP contribution in [0.4, 0.5) is 4.79 Å². The lowest BCUT2D eigenvalue weighted by Gasteiger charge is -2.38. The molecule has 0 aliphatic rings. The molecule has 3 N–H and O–H groups in total. The number of nitrogens with one attached hydrogen (secondary N) is 2. The number of rotatable bonds is 11. The Hall–Kier alpha value is -3.42. The van der Waals surface area contributed by atoms with Gasteiger partial charge in [-0.25, -0.2) is 4.79 Å². The van der Waals surface area contributed by atoms with Gasteiger partial charge in [0.2, 0.25) is 5.91 Å². The molecular formula is C31H40N2O4Si. The average Bonchev–Trinajstić information content (AvgIpc) is 2.89. The van der Waals surface area contributed by atoms with Gasteiger partial charge >= 0.3 is 6.09 Å². The number of hydrogen-bond acceptors (Lipinski definition) is 3. The zero-order valence-corrected chi connectivity index (χ0v) is 24.0. The summed E-state index contributed by atoms with van der Waals surface area (Å²) in [7, 11) is -2.08. The minimum atomic E-state index is -2.08. The van der Waals surface area contributed by atoms with Gasteiger partial charge < -0.3 is 20.2 Å². The van der Waals surface area contributed by atoms with Crippen molar-refractivity contribution in [3.63, 3.8) is 0 Å². The summed E-state index contributed by atoms with van der Waals surface area (Å²) in [6.45, 7) is 10.9. The molecule has 0 bridgehead atoms. The molecule has 0 spiro atoms. The third-order valence-electron chi connectivity index (χ3n) is 7.45. The highest BCUT2D eigenvalue weighted by Gasteiger charge is 2.39. The molecule has 3 aromatic rings. The normalized spacial score (nSPS) is 13.0. The first-order valence-electron chi connectivity index (χ1n) is 13.1. The van der Waals surface area contributed by atoms with E-state index < -0.39 is 26.0 Å². The van der Waals surface area contributed by atoms with Crippen molar-refractivity contribution in [3.8, 4) is 0 Å². The van der Waals surface area contributed by atoms with Gasteiger partial charge in [-0.3, -0.25) is 4.79 Å². The van der Waals surface area contributed by atoms with E-state index >= 15 is 0 Å². The van der Waals surface area contributed by atoms with Crippen LogP contribution in [0.5, 0.6) is 0 Å². The summed E-state index contributed by atoms with van der Waals surface area (Å²) < 4.78 is 6.28. The standard InChI is InChI=1S/C31H40N2O4Si/c1-30(2,3)38(4,5)37-23-27(32-29(35)36)21-22-28(34)33-31(24-15-9-6-10-16-24,25-17-11-7-12-18-25)26-19-13-8-14-20-26/h6-20,27,32H,21-23H2,1-5H3,(H,33,34)(H,35,36). The molecular weight excluding hydrogens is 492 g/mol. The maximum absolute atomic E-state index is 13.6. The number of benzene rings is 3. The van der Waals surface area contributed by atoms with Crippen molar-refractivity contribution in [2.45, 2.75) is 63.3 Å². The molecule has 0 aromatic heterocycles. The zero-order chi connectivity index (χ0) is 27.8. The Bertz CT molecular complexity index is 1080. The number of amides is 2. The van der Waals surface area contributed by atoms with Crippen LogP contribution < -0.4 is 10.6 Å². The van der Waals surface area contributed by atoms with Crippen LogP contribution in [-0.2, 0) is 14.8 Å². The van der Waals surface area contributed by atoms with Gasteiger partial charge in [0.15, 0.2) is 8.32 Å². The van der Waals surface area contributed by atoms with Crippen LogP contribution in [0, 0.1) is 0 Å². The summed E-state index contributed by atoms with van der Waals surface area (Å²) >= 11 is 0. The Morgan fingerprint density at radius 1 is 0.816 bits per heavy atom. The van der Waals surface area contributed by atoms with E-state index in [0.29, 0.717) is 6.42 Å². The molecule has 0 saturated carbocycles. The van der Waals surface area contributed by atoms with E-state index in [9.17, 15) is 14.7 Å². The highest BCUT2D eigenvalue weighted by molar-refractivity contribution is 6.74. The molecule has 0 radical (unpaired) electrons. The molecule has 38 heavy (non-hydrogen) atoms. The molecule has 0 fully saturated rings. The summed E-state index contributed by atoms with van der Waals surface area (Å²) in [5.41, 5.74) is 1.90. The molecule has 0 aliphatic carbocycles. The van der Waals surface area contributed by atoms with E-state index in [-0.39, 0.29) is 24.0 Å². The van der Waals surface area contributed by atoms with Gasteiger partial charge in [0, 0.05) is 6.42 Å². The second-order valence-corrected chi connectivity index (χ2v) is 16.0.